The lowest BCUT2D eigenvalue weighted by atomic mass is 10.2. The second kappa shape index (κ2) is 6.17. The topological polar surface area (TPSA) is 133 Å². The maximum Gasteiger partial charge on any atom is 0.320 e. The lowest BCUT2D eigenvalue weighted by molar-refractivity contribution is -0.387. The molecular formula is C12H10FN5O5. The van der Waals surface area contributed by atoms with Crippen molar-refractivity contribution < 1.29 is 19.0 Å². The molecule has 10 nitrogen and oxygen atoms in total. The number of nitro groups is 2. The Labute approximate surface area is 127 Å². The largest absolute Gasteiger partial charge is 0.320 e. The highest BCUT2D eigenvalue weighted by atomic mass is 19.1. The van der Waals surface area contributed by atoms with Crippen molar-refractivity contribution in [3.8, 4) is 0 Å². The van der Waals surface area contributed by atoms with Crippen LogP contribution >= 0.6 is 0 Å². The number of anilines is 1. The van der Waals surface area contributed by atoms with E-state index < -0.39 is 38.6 Å². The molecule has 0 aliphatic heterocycles. The van der Waals surface area contributed by atoms with Crippen LogP contribution in [0, 0.1) is 26.0 Å². The number of aromatic nitrogens is 2. The molecule has 0 bridgehead atoms. The molecule has 1 heterocycles. The van der Waals surface area contributed by atoms with Gasteiger partial charge in [-0.2, -0.15) is 9.49 Å². The van der Waals surface area contributed by atoms with E-state index in [1.54, 1.807) is 6.92 Å². The first-order valence-corrected chi connectivity index (χ1v) is 6.30. The van der Waals surface area contributed by atoms with Crippen LogP contribution < -0.4 is 5.32 Å². The van der Waals surface area contributed by atoms with E-state index in [-0.39, 0.29) is 5.69 Å². The van der Waals surface area contributed by atoms with Crippen molar-refractivity contribution in [2.45, 2.75) is 13.5 Å². The van der Waals surface area contributed by atoms with Crippen LogP contribution in [0.15, 0.2) is 24.4 Å². The molecule has 0 unspecified atom stereocenters. The SMILES string of the molecule is CCn1cc([N+](=O)[O-])c(C(=O)Nc2ccc(F)c([N+](=O)[O-])c2)n1. The van der Waals surface area contributed by atoms with Gasteiger partial charge in [-0.05, 0) is 19.1 Å². The number of nitrogens with zero attached hydrogens (tertiary/aromatic N) is 4. The fourth-order valence-corrected chi connectivity index (χ4v) is 1.79. The summed E-state index contributed by atoms with van der Waals surface area (Å²) in [7, 11) is 0. The Hall–Kier alpha value is -3.37. The molecule has 1 amide bonds. The van der Waals surface area contributed by atoms with E-state index in [2.05, 4.69) is 10.4 Å². The summed E-state index contributed by atoms with van der Waals surface area (Å²) in [6.45, 7) is 2.00. The highest BCUT2D eigenvalue weighted by Crippen LogP contribution is 2.23. The van der Waals surface area contributed by atoms with Crippen molar-refractivity contribution in [2.24, 2.45) is 0 Å². The third-order valence-electron chi connectivity index (χ3n) is 2.88. The van der Waals surface area contributed by atoms with Crippen molar-refractivity contribution in [3.05, 3.63) is 56.1 Å². The fraction of sp³-hybridized carbons (Fsp3) is 0.167. The lowest BCUT2D eigenvalue weighted by Crippen LogP contribution is -2.15. The third-order valence-corrected chi connectivity index (χ3v) is 2.88. The van der Waals surface area contributed by atoms with Crippen molar-refractivity contribution in [2.75, 3.05) is 5.32 Å². The molecule has 0 saturated heterocycles. The first-order valence-electron chi connectivity index (χ1n) is 6.30. The number of halogens is 1. The standard InChI is InChI=1S/C12H10FN5O5/c1-2-16-6-10(18(22)23)11(15-16)12(19)14-7-3-4-8(13)9(5-7)17(20)21/h3-6H,2H2,1H3,(H,14,19). The van der Waals surface area contributed by atoms with Gasteiger partial charge in [-0.15, -0.1) is 0 Å². The van der Waals surface area contributed by atoms with Crippen LogP contribution in [0.3, 0.4) is 0 Å². The molecule has 120 valence electrons. The summed E-state index contributed by atoms with van der Waals surface area (Å²) in [5.41, 5.74) is -1.84. The molecule has 11 heteroatoms. The number of hydrogen-bond acceptors (Lipinski definition) is 6. The van der Waals surface area contributed by atoms with Crippen LogP contribution in [0.4, 0.5) is 21.5 Å². The third kappa shape index (κ3) is 3.28. The minimum atomic E-state index is -1.06. The summed E-state index contributed by atoms with van der Waals surface area (Å²) in [4.78, 5) is 32.0. The number of nitrogens with one attached hydrogen (secondary N) is 1. The Kier molecular flexibility index (Phi) is 4.30. The summed E-state index contributed by atoms with van der Waals surface area (Å²) in [6.07, 6.45) is 1.10. The summed E-state index contributed by atoms with van der Waals surface area (Å²) in [6, 6.07) is 2.73. The van der Waals surface area contributed by atoms with Gasteiger partial charge in [0.1, 0.15) is 6.20 Å². The second-order valence-electron chi connectivity index (χ2n) is 4.35. The molecule has 1 aromatic carbocycles. The maximum atomic E-state index is 13.2. The van der Waals surface area contributed by atoms with Crippen LogP contribution in [-0.4, -0.2) is 25.5 Å². The predicted octanol–water partition coefficient (Wildman–Crippen LogP) is 2.11. The zero-order valence-electron chi connectivity index (χ0n) is 11.7. The number of nitro benzene ring substituents is 1. The monoisotopic (exact) mass is 323 g/mol. The van der Waals surface area contributed by atoms with Gasteiger partial charge < -0.3 is 5.32 Å². The maximum absolute atomic E-state index is 13.2. The van der Waals surface area contributed by atoms with Gasteiger partial charge in [-0.25, -0.2) is 0 Å². The van der Waals surface area contributed by atoms with Gasteiger partial charge >= 0.3 is 11.4 Å². The van der Waals surface area contributed by atoms with Crippen molar-refractivity contribution in [1.29, 1.82) is 0 Å². The zero-order valence-corrected chi connectivity index (χ0v) is 11.7. The molecule has 23 heavy (non-hydrogen) atoms. The van der Waals surface area contributed by atoms with Crippen LogP contribution in [0.5, 0.6) is 0 Å². The molecule has 2 rings (SSSR count). The van der Waals surface area contributed by atoms with Gasteiger partial charge in [-0.3, -0.25) is 29.7 Å². The predicted molar refractivity (Wildman–Crippen MR) is 75.6 cm³/mol. The molecule has 2 aromatic rings. The summed E-state index contributed by atoms with van der Waals surface area (Å²) in [5.74, 6) is -1.99. The Morgan fingerprint density at radius 1 is 1.30 bits per heavy atom. The second-order valence-corrected chi connectivity index (χ2v) is 4.35. The molecule has 0 spiro atoms. The molecule has 1 N–H and O–H groups in total. The number of hydrogen-bond donors (Lipinski definition) is 1. The number of benzene rings is 1. The van der Waals surface area contributed by atoms with Crippen LogP contribution in [0.25, 0.3) is 0 Å². The normalized spacial score (nSPS) is 10.3. The van der Waals surface area contributed by atoms with E-state index in [9.17, 15) is 29.4 Å². The molecule has 0 aliphatic carbocycles. The summed E-state index contributed by atoms with van der Waals surface area (Å²) in [5, 5.41) is 27.6. The number of rotatable bonds is 5. The van der Waals surface area contributed by atoms with E-state index in [4.69, 9.17) is 0 Å². The highest BCUT2D eigenvalue weighted by molar-refractivity contribution is 6.05. The van der Waals surface area contributed by atoms with Gasteiger partial charge in [0.15, 0.2) is 0 Å². The summed E-state index contributed by atoms with van der Waals surface area (Å²) >= 11 is 0. The Morgan fingerprint density at radius 2 is 1.96 bits per heavy atom. The van der Waals surface area contributed by atoms with Crippen LogP contribution in [0.2, 0.25) is 0 Å². The minimum absolute atomic E-state index is 0.0801. The van der Waals surface area contributed by atoms with E-state index in [0.717, 1.165) is 24.4 Å². The smallest absolute Gasteiger partial charge is 0.320 e. The van der Waals surface area contributed by atoms with Gasteiger partial charge in [0, 0.05) is 18.3 Å². The molecule has 0 fully saturated rings. The molecule has 0 aliphatic rings. The number of carbonyl (C=O) groups excluding carboxylic acids is 1. The highest BCUT2D eigenvalue weighted by Gasteiger charge is 2.26. The molecule has 0 saturated carbocycles. The van der Waals surface area contributed by atoms with Gasteiger partial charge in [-0.1, -0.05) is 0 Å². The fourth-order valence-electron chi connectivity index (χ4n) is 1.79. The van der Waals surface area contributed by atoms with Crippen LogP contribution in [-0.2, 0) is 6.54 Å². The van der Waals surface area contributed by atoms with Crippen LogP contribution in [0.1, 0.15) is 17.4 Å². The Morgan fingerprint density at radius 3 is 2.52 bits per heavy atom. The quantitative estimate of drug-likeness (QED) is 0.661. The minimum Gasteiger partial charge on any atom is -0.320 e. The Bertz CT molecular complexity index is 803. The van der Waals surface area contributed by atoms with E-state index >= 15 is 0 Å². The van der Waals surface area contributed by atoms with Gasteiger partial charge in [0.2, 0.25) is 11.5 Å². The van der Waals surface area contributed by atoms with Crippen molar-refractivity contribution >= 4 is 23.0 Å². The summed E-state index contributed by atoms with van der Waals surface area (Å²) < 4.78 is 14.4. The lowest BCUT2D eigenvalue weighted by Gasteiger charge is -2.03. The van der Waals surface area contributed by atoms with Gasteiger partial charge in [0.25, 0.3) is 5.91 Å². The molecule has 0 atom stereocenters. The van der Waals surface area contributed by atoms with Gasteiger partial charge in [0.05, 0.1) is 9.85 Å². The number of amides is 1. The number of aryl methyl sites for hydroxylation is 1. The Balaban J connectivity index is 2.33. The van der Waals surface area contributed by atoms with E-state index in [0.29, 0.717) is 6.54 Å². The van der Waals surface area contributed by atoms with Crippen molar-refractivity contribution in [1.82, 2.24) is 9.78 Å². The van der Waals surface area contributed by atoms with E-state index in [1.807, 2.05) is 0 Å². The number of carbonyl (C=O) groups is 1. The first-order chi connectivity index (χ1) is 10.8. The molecule has 0 radical (unpaired) electrons. The average molecular weight is 323 g/mol. The van der Waals surface area contributed by atoms with Crippen molar-refractivity contribution in [3.63, 3.8) is 0 Å². The average Bonchev–Trinajstić information content (AvgIpc) is 2.93. The zero-order chi connectivity index (χ0) is 17.1. The van der Waals surface area contributed by atoms with E-state index in [1.165, 1.54) is 4.68 Å². The first kappa shape index (κ1) is 16.0. The molecule has 1 aromatic heterocycles. The molecular weight excluding hydrogens is 313 g/mol.